The van der Waals surface area contributed by atoms with Gasteiger partial charge in [0, 0.05) is 24.3 Å². The molecule has 2 aliphatic carbocycles. The van der Waals surface area contributed by atoms with Gasteiger partial charge in [0.1, 0.15) is 17.3 Å². The van der Waals surface area contributed by atoms with Crippen molar-refractivity contribution in [2.45, 2.75) is 129 Å². The van der Waals surface area contributed by atoms with Crippen LogP contribution in [0.1, 0.15) is 104 Å². The number of benzene rings is 1. The zero-order chi connectivity index (χ0) is 40.1. The molecule has 300 valence electrons. The smallest absolute Gasteiger partial charge is 0.342 e. The number of carbonyl (C=O) groups is 4. The molecule has 10 nitrogen and oxygen atoms in total. The molecular formula is C44H60O10Si. The molecule has 1 unspecified atom stereocenters. The fourth-order valence-electron chi connectivity index (χ4n) is 8.34. The van der Waals surface area contributed by atoms with Gasteiger partial charge in [0.15, 0.2) is 20.4 Å². The molecule has 0 aromatic heterocycles. The van der Waals surface area contributed by atoms with Gasteiger partial charge in [-0.25, -0.2) is 9.59 Å². The summed E-state index contributed by atoms with van der Waals surface area (Å²) in [6.07, 6.45) is 12.7. The van der Waals surface area contributed by atoms with Gasteiger partial charge in [0.05, 0.1) is 31.0 Å². The average molecular weight is 777 g/mol. The Morgan fingerprint density at radius 1 is 1.02 bits per heavy atom. The number of carbonyl (C=O) groups excluding carboxylic acids is 3. The lowest BCUT2D eigenvalue weighted by atomic mass is 9.62. The minimum absolute atomic E-state index is 0.0168. The molecule has 0 saturated carbocycles. The number of hydrogen-bond acceptors (Lipinski definition) is 9. The highest BCUT2D eigenvalue weighted by molar-refractivity contribution is 6.74. The molecule has 2 aliphatic heterocycles. The zero-order valence-electron chi connectivity index (χ0n) is 33.9. The topological polar surface area (TPSA) is 135 Å². The van der Waals surface area contributed by atoms with Crippen molar-refractivity contribution in [3.8, 4) is 5.75 Å². The maximum atomic E-state index is 14.3. The minimum atomic E-state index is -2.50. The monoisotopic (exact) mass is 776 g/mol. The third-order valence-electron chi connectivity index (χ3n) is 12.5. The number of carboxylic acid groups (broad SMARTS) is 1. The molecule has 2 heterocycles. The Morgan fingerprint density at radius 3 is 2.35 bits per heavy atom. The zero-order valence-corrected chi connectivity index (χ0v) is 34.9. The largest absolute Gasteiger partial charge is 0.497 e. The number of fused-ring (bicyclic) bond motifs is 1. The van der Waals surface area contributed by atoms with Crippen molar-refractivity contribution in [2.75, 3.05) is 13.7 Å². The number of unbranched alkanes of at least 4 members (excludes halogenated alkanes) is 3. The van der Waals surface area contributed by atoms with Gasteiger partial charge in [-0.05, 0) is 93.6 Å². The van der Waals surface area contributed by atoms with E-state index in [2.05, 4.69) is 39.9 Å². The summed E-state index contributed by atoms with van der Waals surface area (Å²) in [6, 6.07) is 7.18. The maximum Gasteiger partial charge on any atom is 0.342 e. The van der Waals surface area contributed by atoms with Crippen LogP contribution in [0, 0.1) is 23.2 Å². The molecule has 55 heavy (non-hydrogen) atoms. The summed E-state index contributed by atoms with van der Waals surface area (Å²) >= 11 is 0. The van der Waals surface area contributed by atoms with E-state index in [1.807, 2.05) is 50.3 Å². The van der Waals surface area contributed by atoms with Crippen LogP contribution in [0.5, 0.6) is 5.75 Å². The van der Waals surface area contributed by atoms with Crippen LogP contribution in [0.2, 0.25) is 18.1 Å². The van der Waals surface area contributed by atoms with Gasteiger partial charge in [0.25, 0.3) is 0 Å². The molecule has 1 aromatic carbocycles. The van der Waals surface area contributed by atoms with Crippen LogP contribution in [0.4, 0.5) is 0 Å². The summed E-state index contributed by atoms with van der Waals surface area (Å²) in [7, 11) is -0.929. The van der Waals surface area contributed by atoms with Gasteiger partial charge >= 0.3 is 17.9 Å². The number of ether oxygens (including phenoxy) is 4. The Labute approximate surface area is 327 Å². The Morgan fingerprint density at radius 2 is 1.71 bits per heavy atom. The molecule has 0 radical (unpaired) electrons. The van der Waals surface area contributed by atoms with Gasteiger partial charge in [-0.15, -0.1) is 0 Å². The molecule has 1 saturated heterocycles. The molecule has 0 amide bonds. The van der Waals surface area contributed by atoms with Crippen LogP contribution < -0.4 is 4.74 Å². The minimum Gasteiger partial charge on any atom is -0.497 e. The molecular weight excluding hydrogens is 717 g/mol. The van der Waals surface area contributed by atoms with Crippen molar-refractivity contribution in [1.82, 2.24) is 0 Å². The van der Waals surface area contributed by atoms with E-state index in [1.54, 1.807) is 19.2 Å². The van der Waals surface area contributed by atoms with E-state index in [0.717, 1.165) is 25.7 Å². The van der Waals surface area contributed by atoms with Crippen molar-refractivity contribution >= 4 is 32.0 Å². The highest BCUT2D eigenvalue weighted by Crippen LogP contribution is 2.58. The van der Waals surface area contributed by atoms with Crippen molar-refractivity contribution in [2.24, 2.45) is 23.2 Å². The quantitative estimate of drug-likeness (QED) is 0.0537. The summed E-state index contributed by atoms with van der Waals surface area (Å²) in [5.41, 5.74) is -0.321. The molecule has 1 fully saturated rings. The molecule has 11 heteroatoms. The van der Waals surface area contributed by atoms with Crippen molar-refractivity contribution in [1.29, 1.82) is 0 Å². The first-order valence-corrected chi connectivity index (χ1v) is 22.8. The Balaban J connectivity index is 1.69. The van der Waals surface area contributed by atoms with Gasteiger partial charge in [-0.3, -0.25) is 9.59 Å². The Kier molecular flexibility index (Phi) is 13.6. The van der Waals surface area contributed by atoms with Crippen LogP contribution in [0.15, 0.2) is 71.4 Å². The van der Waals surface area contributed by atoms with Crippen LogP contribution in [-0.4, -0.2) is 63.0 Å². The van der Waals surface area contributed by atoms with Gasteiger partial charge in [0.2, 0.25) is 0 Å². The van der Waals surface area contributed by atoms with Crippen molar-refractivity contribution in [3.63, 3.8) is 0 Å². The summed E-state index contributed by atoms with van der Waals surface area (Å²) in [4.78, 5) is 55.4. The highest BCUT2D eigenvalue weighted by Gasteiger charge is 2.62. The number of ketones is 1. The van der Waals surface area contributed by atoms with Gasteiger partial charge < -0.3 is 28.5 Å². The molecule has 5 rings (SSSR count). The van der Waals surface area contributed by atoms with Crippen LogP contribution in [-0.2, 0) is 37.8 Å². The third kappa shape index (κ3) is 9.00. The first-order valence-electron chi connectivity index (χ1n) is 19.9. The van der Waals surface area contributed by atoms with Gasteiger partial charge in [-0.1, -0.05) is 76.1 Å². The second-order valence-corrected chi connectivity index (χ2v) is 21.7. The number of allylic oxidation sites excluding steroid dienone is 5. The predicted molar refractivity (Wildman–Crippen MR) is 212 cm³/mol. The third-order valence-corrected chi connectivity index (χ3v) is 16.9. The van der Waals surface area contributed by atoms with Crippen LogP contribution >= 0.6 is 0 Å². The number of esters is 2. The number of aliphatic carboxylic acids is 1. The number of rotatable bonds is 17. The number of hydrogen-bond donors (Lipinski definition) is 1. The molecule has 1 aromatic rings. The second kappa shape index (κ2) is 17.7. The predicted octanol–water partition coefficient (Wildman–Crippen LogP) is 8.99. The summed E-state index contributed by atoms with van der Waals surface area (Å²) in [6.45, 7) is 14.3. The first-order chi connectivity index (χ1) is 26.1. The van der Waals surface area contributed by atoms with E-state index in [0.29, 0.717) is 36.1 Å². The maximum absolute atomic E-state index is 14.3. The average Bonchev–Trinajstić information content (AvgIpc) is 3.25. The van der Waals surface area contributed by atoms with Gasteiger partial charge in [-0.2, -0.15) is 0 Å². The normalized spacial score (nSPS) is 27.4. The molecule has 4 aliphatic rings. The SMILES string of the molecule is C/C=C/CCCCC[C@@H]1C=C2[C@@H]3OC(c4ccc(OC)cc4)OC[C@@]2(C(=O)O)CC2=C(C(=O)OC2=O)[C@@H]3[C@H]1C[C@@H](O[Si](C)(C)C(C)(C)C)C(=O)CC/C=C/C. The lowest BCUT2D eigenvalue weighted by Crippen LogP contribution is -2.50. The van der Waals surface area contributed by atoms with E-state index in [9.17, 15) is 24.3 Å². The molecule has 1 N–H and O–H groups in total. The summed E-state index contributed by atoms with van der Waals surface area (Å²) in [5.74, 6) is -3.62. The van der Waals surface area contributed by atoms with E-state index in [-0.39, 0.29) is 47.3 Å². The second-order valence-electron chi connectivity index (χ2n) is 17.0. The van der Waals surface area contributed by atoms with E-state index in [4.69, 9.17) is 23.4 Å². The fourth-order valence-corrected chi connectivity index (χ4v) is 9.63. The van der Waals surface area contributed by atoms with Crippen molar-refractivity contribution in [3.05, 3.63) is 76.9 Å². The first kappa shape index (κ1) is 42.5. The van der Waals surface area contributed by atoms with E-state index < -0.39 is 62.0 Å². The summed E-state index contributed by atoms with van der Waals surface area (Å²) < 4.78 is 31.0. The van der Waals surface area contributed by atoms with Crippen molar-refractivity contribution < 1.29 is 47.7 Å². The van der Waals surface area contributed by atoms with E-state index in [1.165, 1.54) is 0 Å². The molecule has 4 bridgehead atoms. The van der Waals surface area contributed by atoms with E-state index >= 15 is 0 Å². The number of Topliss-reactive ketones (excluding diaryl/α,β-unsaturated/α-hetero) is 1. The standard InChI is InChI=1S/C44H60O10Si/c1-9-11-13-14-15-17-18-29-24-33-38-36(31(29)25-35(34(45)19-16-12-10-2)54-55(7,8)43(3,4)5)37-32(39(46)53-40(37)47)26-44(33,42(48)49)27-51-41(52-38)28-20-22-30(50-6)23-21-28/h9-12,20-24,29,31,35-36,38,41H,13-19,25-27H2,1-8H3,(H,48,49)/b11-9+,12-10+/t29-,31+,35-,36+,38+,41?,44+/m1/s1. The molecule has 0 spiro atoms. The Hall–Kier alpha value is -3.64. The van der Waals surface area contributed by atoms with Crippen LogP contribution in [0.3, 0.4) is 0 Å². The lowest BCUT2D eigenvalue weighted by Gasteiger charge is -2.46. The number of methoxy groups -OCH3 is 1. The fraction of sp³-hybridized carbons (Fsp3) is 0.591. The number of carboxylic acids is 1. The Bertz CT molecular complexity index is 1710. The lowest BCUT2D eigenvalue weighted by molar-refractivity contribution is -0.177. The number of cyclic esters (lactones) is 2. The molecule has 7 atom stereocenters. The highest BCUT2D eigenvalue weighted by atomic mass is 28.4. The van der Waals surface area contributed by atoms with Crippen LogP contribution in [0.25, 0.3) is 0 Å². The summed E-state index contributed by atoms with van der Waals surface area (Å²) in [5, 5.41) is 11.0.